The monoisotopic (exact) mass is 230 g/mol. The molecule has 1 unspecified atom stereocenters. The van der Waals surface area contributed by atoms with Crippen LogP contribution in [0.4, 0.5) is 5.69 Å². The van der Waals surface area contributed by atoms with Gasteiger partial charge in [0.05, 0.1) is 0 Å². The van der Waals surface area contributed by atoms with Crippen molar-refractivity contribution < 1.29 is 0 Å². The Morgan fingerprint density at radius 2 is 2.12 bits per heavy atom. The van der Waals surface area contributed by atoms with Crippen molar-refractivity contribution in [1.29, 1.82) is 0 Å². The molecule has 1 saturated carbocycles. The third-order valence-corrected chi connectivity index (χ3v) is 4.64. The Bertz CT molecular complexity index is 433. The van der Waals surface area contributed by atoms with Gasteiger partial charge in [0.2, 0.25) is 0 Å². The Hall–Kier alpha value is -1.02. The fourth-order valence-corrected chi connectivity index (χ4v) is 3.37. The molecule has 2 nitrogen and oxygen atoms in total. The summed E-state index contributed by atoms with van der Waals surface area (Å²) in [6, 6.07) is 7.07. The van der Waals surface area contributed by atoms with E-state index >= 15 is 0 Å². The molecule has 2 aliphatic rings. The first-order valence-corrected chi connectivity index (χ1v) is 6.74. The second-order valence-corrected chi connectivity index (χ2v) is 5.78. The molecule has 1 atom stereocenters. The molecule has 92 valence electrons. The molecule has 0 spiro atoms. The normalized spacial score (nSPS) is 23.1. The largest absolute Gasteiger partial charge is 0.374 e. The molecule has 1 fully saturated rings. The molecule has 0 saturated heterocycles. The molecule has 1 aliphatic carbocycles. The van der Waals surface area contributed by atoms with Crippen molar-refractivity contribution in [3.05, 3.63) is 29.3 Å². The molecule has 17 heavy (non-hydrogen) atoms. The van der Waals surface area contributed by atoms with Crippen molar-refractivity contribution in [2.24, 2.45) is 5.73 Å². The number of anilines is 1. The van der Waals surface area contributed by atoms with Gasteiger partial charge in [-0.15, -0.1) is 0 Å². The van der Waals surface area contributed by atoms with E-state index in [1.807, 2.05) is 0 Å². The minimum Gasteiger partial charge on any atom is -0.374 e. The Morgan fingerprint density at radius 3 is 2.76 bits per heavy atom. The number of aryl methyl sites for hydroxylation is 1. The summed E-state index contributed by atoms with van der Waals surface area (Å²) in [7, 11) is 2.22. The highest BCUT2D eigenvalue weighted by Gasteiger charge is 2.49. The van der Waals surface area contributed by atoms with E-state index in [4.69, 9.17) is 5.73 Å². The smallest absolute Gasteiger partial charge is 0.0435 e. The molecule has 3 rings (SSSR count). The zero-order valence-corrected chi connectivity index (χ0v) is 10.9. The van der Waals surface area contributed by atoms with Gasteiger partial charge in [-0.05, 0) is 43.7 Å². The van der Waals surface area contributed by atoms with Crippen molar-refractivity contribution in [3.8, 4) is 0 Å². The molecule has 2 heteroatoms. The van der Waals surface area contributed by atoms with Gasteiger partial charge in [0.25, 0.3) is 0 Å². The summed E-state index contributed by atoms with van der Waals surface area (Å²) in [5, 5.41) is 0. The first kappa shape index (κ1) is 11.1. The lowest BCUT2D eigenvalue weighted by Gasteiger charge is -2.33. The summed E-state index contributed by atoms with van der Waals surface area (Å²) in [6.07, 6.45) is 5.02. The topological polar surface area (TPSA) is 29.3 Å². The van der Waals surface area contributed by atoms with Crippen molar-refractivity contribution in [3.63, 3.8) is 0 Å². The molecule has 0 amide bonds. The Balaban J connectivity index is 2.12. The molecule has 0 radical (unpaired) electrons. The minimum absolute atomic E-state index is 0.268. The van der Waals surface area contributed by atoms with Crippen LogP contribution < -0.4 is 10.6 Å². The highest BCUT2D eigenvalue weighted by Crippen LogP contribution is 2.54. The van der Waals surface area contributed by atoms with E-state index in [1.165, 1.54) is 49.0 Å². The number of nitrogens with zero attached hydrogens (tertiary/aromatic N) is 1. The Kier molecular flexibility index (Phi) is 2.44. The van der Waals surface area contributed by atoms with Gasteiger partial charge in [-0.25, -0.2) is 0 Å². The van der Waals surface area contributed by atoms with E-state index in [0.717, 1.165) is 0 Å². The van der Waals surface area contributed by atoms with E-state index in [-0.39, 0.29) is 11.5 Å². The fraction of sp³-hybridized carbons (Fsp3) is 0.600. The summed E-state index contributed by atoms with van der Waals surface area (Å²) >= 11 is 0. The molecule has 0 aromatic heterocycles. The fourth-order valence-electron chi connectivity index (χ4n) is 3.37. The maximum atomic E-state index is 6.22. The number of benzene rings is 1. The third kappa shape index (κ3) is 1.58. The van der Waals surface area contributed by atoms with Crippen LogP contribution in [0.1, 0.15) is 37.3 Å². The van der Waals surface area contributed by atoms with Gasteiger partial charge >= 0.3 is 0 Å². The summed E-state index contributed by atoms with van der Waals surface area (Å²) in [4.78, 5) is 2.43. The van der Waals surface area contributed by atoms with Crippen LogP contribution in [0.25, 0.3) is 0 Å². The van der Waals surface area contributed by atoms with Crippen LogP contribution in [0, 0.1) is 0 Å². The number of fused-ring (bicyclic) bond motifs is 1. The van der Waals surface area contributed by atoms with Crippen molar-refractivity contribution in [2.75, 3.05) is 18.5 Å². The van der Waals surface area contributed by atoms with Crippen molar-refractivity contribution in [2.45, 2.75) is 44.1 Å². The van der Waals surface area contributed by atoms with Gasteiger partial charge in [0, 0.05) is 30.7 Å². The Morgan fingerprint density at radius 1 is 1.35 bits per heavy atom. The lowest BCUT2D eigenvalue weighted by atomic mass is 9.84. The van der Waals surface area contributed by atoms with Crippen LogP contribution in [-0.4, -0.2) is 19.6 Å². The van der Waals surface area contributed by atoms with Gasteiger partial charge in [0.1, 0.15) is 0 Å². The summed E-state index contributed by atoms with van der Waals surface area (Å²) in [6.45, 7) is 3.34. The second kappa shape index (κ2) is 3.74. The highest BCUT2D eigenvalue weighted by molar-refractivity contribution is 5.65. The third-order valence-electron chi connectivity index (χ3n) is 4.64. The number of para-hydroxylation sites is 1. The molecule has 1 heterocycles. The zero-order chi connectivity index (χ0) is 12.0. The number of nitrogens with two attached hydrogens (primary N) is 1. The predicted molar refractivity (Wildman–Crippen MR) is 72.6 cm³/mol. The van der Waals surface area contributed by atoms with Crippen LogP contribution >= 0.6 is 0 Å². The van der Waals surface area contributed by atoms with Gasteiger partial charge in [-0.3, -0.25) is 0 Å². The first-order valence-electron chi connectivity index (χ1n) is 6.74. The first-order chi connectivity index (χ1) is 8.15. The average Bonchev–Trinajstić information content (AvgIpc) is 3.10. The van der Waals surface area contributed by atoms with Gasteiger partial charge < -0.3 is 10.6 Å². The minimum atomic E-state index is 0.268. The van der Waals surface area contributed by atoms with Crippen molar-refractivity contribution >= 4 is 5.69 Å². The zero-order valence-electron chi connectivity index (χ0n) is 10.9. The predicted octanol–water partition coefficient (Wildman–Crippen LogP) is 2.45. The number of rotatable bonds is 2. The van der Waals surface area contributed by atoms with Crippen LogP contribution in [0.3, 0.4) is 0 Å². The van der Waals surface area contributed by atoms with Crippen LogP contribution in [0.5, 0.6) is 0 Å². The number of hydrogen-bond donors (Lipinski definition) is 1. The molecule has 1 aromatic rings. The van der Waals surface area contributed by atoms with Crippen LogP contribution in [-0.2, 0) is 11.8 Å². The maximum absolute atomic E-state index is 6.22. The van der Waals surface area contributed by atoms with E-state index in [9.17, 15) is 0 Å². The highest BCUT2D eigenvalue weighted by atomic mass is 15.1. The molecule has 1 aliphatic heterocycles. The number of hydrogen-bond acceptors (Lipinski definition) is 2. The van der Waals surface area contributed by atoms with Crippen LogP contribution in [0.2, 0.25) is 0 Å². The van der Waals surface area contributed by atoms with E-state index in [1.54, 1.807) is 0 Å². The molecular weight excluding hydrogens is 208 g/mol. The van der Waals surface area contributed by atoms with Crippen LogP contribution in [0.15, 0.2) is 18.2 Å². The summed E-state index contributed by atoms with van der Waals surface area (Å²) < 4.78 is 0. The van der Waals surface area contributed by atoms with E-state index in [0.29, 0.717) is 0 Å². The lowest BCUT2D eigenvalue weighted by molar-refractivity contribution is 0.553. The van der Waals surface area contributed by atoms with Crippen molar-refractivity contribution in [1.82, 2.24) is 0 Å². The second-order valence-electron chi connectivity index (χ2n) is 5.78. The lowest BCUT2D eigenvalue weighted by Crippen LogP contribution is -2.35. The van der Waals surface area contributed by atoms with Gasteiger partial charge in [-0.2, -0.15) is 0 Å². The molecule has 0 bridgehead atoms. The molecule has 1 aromatic carbocycles. The Labute approximate surface area is 104 Å². The van der Waals surface area contributed by atoms with E-state index in [2.05, 4.69) is 37.1 Å². The standard InChI is InChI=1S/C15H22N2/c1-11(16)15(8-9-15)13-7-3-5-12-6-4-10-17(2)14(12)13/h3,5,7,11H,4,6,8-10,16H2,1-2H3. The van der Waals surface area contributed by atoms with Gasteiger partial charge in [0.15, 0.2) is 0 Å². The quantitative estimate of drug-likeness (QED) is 0.845. The van der Waals surface area contributed by atoms with Gasteiger partial charge in [-0.1, -0.05) is 18.2 Å². The SMILES string of the molecule is CC(N)C1(c2cccc3c2N(C)CCC3)CC1. The molecular formula is C15H22N2. The van der Waals surface area contributed by atoms with E-state index < -0.39 is 0 Å². The maximum Gasteiger partial charge on any atom is 0.0435 e. The summed E-state index contributed by atoms with van der Waals surface area (Å²) in [5.74, 6) is 0. The summed E-state index contributed by atoms with van der Waals surface area (Å²) in [5.41, 5.74) is 11.0. The molecule has 2 N–H and O–H groups in total. The average molecular weight is 230 g/mol.